The lowest BCUT2D eigenvalue weighted by molar-refractivity contribution is 0.458. The second-order valence-corrected chi connectivity index (χ2v) is 5.59. The number of anilines is 1. The van der Waals surface area contributed by atoms with Crippen LogP contribution in [0.25, 0.3) is 0 Å². The van der Waals surface area contributed by atoms with Gasteiger partial charge in [0.05, 0.1) is 0 Å². The van der Waals surface area contributed by atoms with Crippen LogP contribution in [0.3, 0.4) is 0 Å². The zero-order valence-electron chi connectivity index (χ0n) is 11.8. The van der Waals surface area contributed by atoms with Crippen molar-refractivity contribution in [1.29, 1.82) is 0 Å². The Morgan fingerprint density at radius 1 is 1.16 bits per heavy atom. The lowest BCUT2D eigenvalue weighted by Gasteiger charge is -2.20. The molecule has 0 amide bonds. The molecule has 0 aliphatic carbocycles. The van der Waals surface area contributed by atoms with Crippen LogP contribution in [0.1, 0.15) is 31.9 Å². The van der Waals surface area contributed by atoms with E-state index in [0.717, 1.165) is 11.3 Å². The molecule has 0 saturated carbocycles. The summed E-state index contributed by atoms with van der Waals surface area (Å²) < 4.78 is 5.73. The van der Waals surface area contributed by atoms with Crippen LogP contribution in [-0.4, -0.2) is 9.97 Å². The molecule has 2 aromatic rings. The molecule has 0 aliphatic heterocycles. The van der Waals surface area contributed by atoms with E-state index in [1.165, 1.54) is 5.56 Å². The fourth-order valence-electron chi connectivity index (χ4n) is 1.76. The zero-order chi connectivity index (χ0) is 14.0. The molecular weight excluding hydrogens is 238 g/mol. The fourth-order valence-corrected chi connectivity index (χ4v) is 1.76. The average molecular weight is 257 g/mol. The first kappa shape index (κ1) is 13.3. The van der Waals surface area contributed by atoms with Gasteiger partial charge in [0.2, 0.25) is 11.8 Å². The quantitative estimate of drug-likeness (QED) is 0.895. The molecule has 0 atom stereocenters. The Bertz CT molecular complexity index is 588. The van der Waals surface area contributed by atoms with Gasteiger partial charge in [-0.2, -0.15) is 4.98 Å². The number of nitrogen functional groups attached to an aromatic ring is 1. The van der Waals surface area contributed by atoms with Crippen LogP contribution in [0.15, 0.2) is 30.5 Å². The van der Waals surface area contributed by atoms with E-state index in [-0.39, 0.29) is 11.4 Å². The third-order valence-corrected chi connectivity index (χ3v) is 2.90. The first-order chi connectivity index (χ1) is 8.86. The maximum absolute atomic E-state index is 5.73. The normalized spacial score (nSPS) is 11.4. The van der Waals surface area contributed by atoms with E-state index >= 15 is 0 Å². The molecule has 1 aromatic heterocycles. The Morgan fingerprint density at radius 2 is 1.89 bits per heavy atom. The van der Waals surface area contributed by atoms with Gasteiger partial charge >= 0.3 is 0 Å². The summed E-state index contributed by atoms with van der Waals surface area (Å²) in [4.78, 5) is 7.86. The van der Waals surface area contributed by atoms with Gasteiger partial charge in [-0.1, -0.05) is 32.9 Å². The fraction of sp³-hybridized carbons (Fsp3) is 0.333. The number of nitrogens with zero attached hydrogens (tertiary/aromatic N) is 2. The minimum atomic E-state index is 0.128. The molecule has 0 aliphatic rings. The van der Waals surface area contributed by atoms with Gasteiger partial charge in [-0.15, -0.1) is 0 Å². The maximum atomic E-state index is 5.73. The van der Waals surface area contributed by atoms with Gasteiger partial charge < -0.3 is 10.5 Å². The molecule has 1 aromatic carbocycles. The predicted octanol–water partition coefficient (Wildman–Crippen LogP) is 3.46. The first-order valence-corrected chi connectivity index (χ1v) is 6.24. The van der Waals surface area contributed by atoms with Crippen molar-refractivity contribution in [3.63, 3.8) is 0 Å². The predicted molar refractivity (Wildman–Crippen MR) is 76.4 cm³/mol. The summed E-state index contributed by atoms with van der Waals surface area (Å²) in [5.41, 5.74) is 8.01. The minimum absolute atomic E-state index is 0.128. The average Bonchev–Trinajstić information content (AvgIpc) is 2.30. The van der Waals surface area contributed by atoms with Gasteiger partial charge in [0, 0.05) is 12.3 Å². The summed E-state index contributed by atoms with van der Waals surface area (Å²) >= 11 is 0. The van der Waals surface area contributed by atoms with Crippen molar-refractivity contribution in [1.82, 2.24) is 9.97 Å². The molecule has 100 valence electrons. The van der Waals surface area contributed by atoms with E-state index < -0.39 is 0 Å². The Labute approximate surface area is 113 Å². The molecular formula is C15H19N3O. The van der Waals surface area contributed by atoms with Crippen molar-refractivity contribution in [3.05, 3.63) is 41.6 Å². The van der Waals surface area contributed by atoms with E-state index in [2.05, 4.69) is 42.9 Å². The number of hydrogen-bond donors (Lipinski definition) is 1. The van der Waals surface area contributed by atoms with Gasteiger partial charge in [-0.3, -0.25) is 0 Å². The number of benzene rings is 1. The van der Waals surface area contributed by atoms with Gasteiger partial charge in [-0.25, -0.2) is 4.98 Å². The smallest absolute Gasteiger partial charge is 0.224 e. The Hall–Kier alpha value is -2.10. The molecule has 0 spiro atoms. The van der Waals surface area contributed by atoms with Crippen LogP contribution in [0.4, 0.5) is 5.95 Å². The second kappa shape index (κ2) is 4.88. The van der Waals surface area contributed by atoms with Crippen molar-refractivity contribution in [2.24, 2.45) is 0 Å². The van der Waals surface area contributed by atoms with E-state index in [4.69, 9.17) is 10.5 Å². The highest BCUT2D eigenvalue weighted by Crippen LogP contribution is 2.29. The van der Waals surface area contributed by atoms with Crippen molar-refractivity contribution in [2.45, 2.75) is 33.1 Å². The summed E-state index contributed by atoms with van der Waals surface area (Å²) in [5.74, 6) is 1.45. The SMILES string of the molecule is Cc1cc(C(C)(C)C)ccc1Oc1ccnc(N)n1. The second-order valence-electron chi connectivity index (χ2n) is 5.59. The highest BCUT2D eigenvalue weighted by Gasteiger charge is 2.15. The molecule has 0 bridgehead atoms. The highest BCUT2D eigenvalue weighted by atomic mass is 16.5. The molecule has 0 radical (unpaired) electrons. The number of nitrogens with two attached hydrogens (primary N) is 1. The molecule has 4 nitrogen and oxygen atoms in total. The number of aryl methyl sites for hydroxylation is 1. The van der Waals surface area contributed by atoms with E-state index in [9.17, 15) is 0 Å². The summed E-state index contributed by atoms with van der Waals surface area (Å²) in [6.45, 7) is 8.59. The van der Waals surface area contributed by atoms with Gasteiger partial charge in [-0.05, 0) is 29.5 Å². The van der Waals surface area contributed by atoms with Gasteiger partial charge in [0.1, 0.15) is 5.75 Å². The van der Waals surface area contributed by atoms with Crippen LogP contribution in [-0.2, 0) is 5.41 Å². The summed E-state index contributed by atoms with van der Waals surface area (Å²) in [6, 6.07) is 7.87. The van der Waals surface area contributed by atoms with Gasteiger partial charge in [0.25, 0.3) is 0 Å². The van der Waals surface area contributed by atoms with Crippen LogP contribution >= 0.6 is 0 Å². The molecule has 0 fully saturated rings. The third kappa shape index (κ3) is 3.22. The monoisotopic (exact) mass is 257 g/mol. The molecule has 1 heterocycles. The summed E-state index contributed by atoms with van der Waals surface area (Å²) in [5, 5.41) is 0. The van der Waals surface area contributed by atoms with E-state index in [1.807, 2.05) is 13.0 Å². The van der Waals surface area contributed by atoms with E-state index in [0.29, 0.717) is 5.88 Å². The van der Waals surface area contributed by atoms with Crippen molar-refractivity contribution >= 4 is 5.95 Å². The highest BCUT2D eigenvalue weighted by molar-refractivity contribution is 5.40. The van der Waals surface area contributed by atoms with Crippen molar-refractivity contribution in [3.8, 4) is 11.6 Å². The summed E-state index contributed by atoms with van der Waals surface area (Å²) in [7, 11) is 0. The van der Waals surface area contributed by atoms with Crippen LogP contribution in [0.5, 0.6) is 11.6 Å². The van der Waals surface area contributed by atoms with Crippen LogP contribution < -0.4 is 10.5 Å². The number of hydrogen-bond acceptors (Lipinski definition) is 4. The standard InChI is InChI=1S/C15H19N3O/c1-10-9-11(15(2,3)4)5-6-12(10)19-13-7-8-17-14(16)18-13/h5-9H,1-4H3,(H2,16,17,18). The van der Waals surface area contributed by atoms with Gasteiger partial charge in [0.15, 0.2) is 0 Å². The van der Waals surface area contributed by atoms with E-state index in [1.54, 1.807) is 12.3 Å². The Balaban J connectivity index is 2.27. The lowest BCUT2D eigenvalue weighted by Crippen LogP contribution is -2.11. The minimum Gasteiger partial charge on any atom is -0.439 e. The Morgan fingerprint density at radius 3 is 2.47 bits per heavy atom. The number of rotatable bonds is 2. The van der Waals surface area contributed by atoms with Crippen LogP contribution in [0, 0.1) is 6.92 Å². The van der Waals surface area contributed by atoms with Crippen LogP contribution in [0.2, 0.25) is 0 Å². The molecule has 2 rings (SSSR count). The van der Waals surface area contributed by atoms with Crippen molar-refractivity contribution in [2.75, 3.05) is 5.73 Å². The topological polar surface area (TPSA) is 61.0 Å². The first-order valence-electron chi connectivity index (χ1n) is 6.24. The number of ether oxygens (including phenoxy) is 1. The lowest BCUT2D eigenvalue weighted by atomic mass is 9.86. The Kier molecular flexibility index (Phi) is 3.42. The third-order valence-electron chi connectivity index (χ3n) is 2.90. The maximum Gasteiger partial charge on any atom is 0.224 e. The zero-order valence-corrected chi connectivity index (χ0v) is 11.8. The molecule has 0 unspecified atom stereocenters. The molecule has 2 N–H and O–H groups in total. The molecule has 19 heavy (non-hydrogen) atoms. The number of aromatic nitrogens is 2. The largest absolute Gasteiger partial charge is 0.439 e. The van der Waals surface area contributed by atoms with Crippen molar-refractivity contribution < 1.29 is 4.74 Å². The summed E-state index contributed by atoms with van der Waals surface area (Å²) in [6.07, 6.45) is 1.58. The molecule has 0 saturated heterocycles. The molecule has 4 heteroatoms.